The van der Waals surface area contributed by atoms with Gasteiger partial charge < -0.3 is 4.74 Å². The van der Waals surface area contributed by atoms with E-state index in [1.165, 1.54) is 0 Å². The van der Waals surface area contributed by atoms with E-state index in [9.17, 15) is 4.39 Å². The van der Waals surface area contributed by atoms with E-state index < -0.39 is 6.04 Å². The van der Waals surface area contributed by atoms with Gasteiger partial charge in [-0.15, -0.1) is 0 Å². The van der Waals surface area contributed by atoms with Crippen molar-refractivity contribution >= 4 is 15.9 Å². The van der Waals surface area contributed by atoms with Gasteiger partial charge in [0.15, 0.2) is 0 Å². The molecule has 4 nitrogen and oxygen atoms in total. The molecule has 6 heteroatoms. The van der Waals surface area contributed by atoms with Crippen LogP contribution in [-0.2, 0) is 0 Å². The molecule has 1 heterocycles. The molecule has 1 aromatic carbocycles. The first-order valence-electron chi connectivity index (χ1n) is 5.56. The fourth-order valence-electron chi connectivity index (χ4n) is 1.81. The van der Waals surface area contributed by atoms with Crippen LogP contribution in [0.4, 0.5) is 4.39 Å². The number of hydrazine groups is 1. The number of nitrogens with zero attached hydrogens (tertiary/aromatic N) is 1. The maximum absolute atomic E-state index is 14.1. The predicted octanol–water partition coefficient (Wildman–Crippen LogP) is 2.54. The quantitative estimate of drug-likeness (QED) is 0.670. The molecule has 19 heavy (non-hydrogen) atoms. The largest absolute Gasteiger partial charge is 0.495 e. The number of benzene rings is 1. The zero-order chi connectivity index (χ0) is 13.8. The molecule has 0 aliphatic carbocycles. The number of nitrogens with two attached hydrogens (primary N) is 1. The number of aromatic nitrogens is 1. The van der Waals surface area contributed by atoms with E-state index in [1.807, 2.05) is 0 Å². The minimum absolute atomic E-state index is 0.353. The fraction of sp³-hybridized carbons (Fsp3) is 0.154. The Labute approximate surface area is 118 Å². The summed E-state index contributed by atoms with van der Waals surface area (Å²) in [6.45, 7) is 0. The second-order valence-electron chi connectivity index (χ2n) is 3.90. The van der Waals surface area contributed by atoms with Crippen LogP contribution in [0.25, 0.3) is 0 Å². The molecule has 2 aromatic rings. The predicted molar refractivity (Wildman–Crippen MR) is 74.1 cm³/mol. The second kappa shape index (κ2) is 6.10. The van der Waals surface area contributed by atoms with E-state index in [1.54, 1.807) is 43.8 Å². The van der Waals surface area contributed by atoms with E-state index in [0.717, 1.165) is 5.56 Å². The van der Waals surface area contributed by atoms with Crippen LogP contribution in [0.3, 0.4) is 0 Å². The number of pyridine rings is 1. The standard InChI is InChI=1S/C13H13BrFN3O/c1-19-9-5-8(6-17-7-9)13(18-16)10-3-2-4-11(14)12(10)15/h2-7,13,18H,16H2,1H3. The van der Waals surface area contributed by atoms with Gasteiger partial charge in [0.1, 0.15) is 11.6 Å². The van der Waals surface area contributed by atoms with Crippen LogP contribution < -0.4 is 16.0 Å². The molecule has 0 radical (unpaired) electrons. The monoisotopic (exact) mass is 325 g/mol. The third-order valence-corrected chi connectivity index (χ3v) is 3.37. The average Bonchev–Trinajstić information content (AvgIpc) is 2.44. The first-order valence-corrected chi connectivity index (χ1v) is 6.35. The summed E-state index contributed by atoms with van der Waals surface area (Å²) in [6, 6.07) is 6.32. The van der Waals surface area contributed by atoms with Crippen molar-refractivity contribution in [3.8, 4) is 5.75 Å². The van der Waals surface area contributed by atoms with E-state index in [4.69, 9.17) is 10.6 Å². The van der Waals surface area contributed by atoms with Crippen LogP contribution in [-0.4, -0.2) is 12.1 Å². The highest BCUT2D eigenvalue weighted by atomic mass is 79.9. The molecular formula is C13H13BrFN3O. The highest BCUT2D eigenvalue weighted by Gasteiger charge is 2.18. The lowest BCUT2D eigenvalue weighted by Gasteiger charge is -2.18. The van der Waals surface area contributed by atoms with Crippen molar-refractivity contribution < 1.29 is 9.13 Å². The molecule has 3 N–H and O–H groups in total. The Morgan fingerprint density at radius 3 is 2.89 bits per heavy atom. The zero-order valence-electron chi connectivity index (χ0n) is 10.2. The van der Waals surface area contributed by atoms with Gasteiger partial charge in [-0.1, -0.05) is 12.1 Å². The molecule has 0 aliphatic heterocycles. The number of nitrogens with one attached hydrogen (secondary N) is 1. The van der Waals surface area contributed by atoms with Crippen LogP contribution in [0.5, 0.6) is 5.75 Å². The Hall–Kier alpha value is -1.50. The van der Waals surface area contributed by atoms with Gasteiger partial charge in [0.2, 0.25) is 0 Å². The van der Waals surface area contributed by atoms with Crippen molar-refractivity contribution in [2.45, 2.75) is 6.04 Å². The van der Waals surface area contributed by atoms with E-state index in [0.29, 0.717) is 15.8 Å². The van der Waals surface area contributed by atoms with E-state index in [-0.39, 0.29) is 5.82 Å². The Bertz CT molecular complexity index is 580. The Morgan fingerprint density at radius 1 is 1.42 bits per heavy atom. The van der Waals surface area contributed by atoms with Crippen LogP contribution in [0.15, 0.2) is 41.1 Å². The summed E-state index contributed by atoms with van der Waals surface area (Å²) in [5.41, 5.74) is 3.76. The third-order valence-electron chi connectivity index (χ3n) is 2.76. The first-order chi connectivity index (χ1) is 9.17. The van der Waals surface area contributed by atoms with Crippen molar-refractivity contribution in [2.75, 3.05) is 7.11 Å². The first kappa shape index (κ1) is 13.9. The molecule has 0 saturated heterocycles. The third kappa shape index (κ3) is 2.91. The molecule has 0 saturated carbocycles. The van der Waals surface area contributed by atoms with Crippen molar-refractivity contribution in [1.29, 1.82) is 0 Å². The topological polar surface area (TPSA) is 60.2 Å². The van der Waals surface area contributed by atoms with Gasteiger partial charge in [-0.3, -0.25) is 10.8 Å². The van der Waals surface area contributed by atoms with Gasteiger partial charge in [0.25, 0.3) is 0 Å². The number of hydrogen-bond donors (Lipinski definition) is 2. The highest BCUT2D eigenvalue weighted by Crippen LogP contribution is 2.28. The van der Waals surface area contributed by atoms with Gasteiger partial charge in [-0.05, 0) is 33.6 Å². The smallest absolute Gasteiger partial charge is 0.142 e. The van der Waals surface area contributed by atoms with Crippen molar-refractivity contribution in [3.63, 3.8) is 0 Å². The molecule has 0 amide bonds. The van der Waals surface area contributed by atoms with Gasteiger partial charge in [0, 0.05) is 11.8 Å². The van der Waals surface area contributed by atoms with Crippen LogP contribution in [0.2, 0.25) is 0 Å². The maximum Gasteiger partial charge on any atom is 0.142 e. The van der Waals surface area contributed by atoms with Gasteiger partial charge in [0.05, 0.1) is 23.8 Å². The lowest BCUT2D eigenvalue weighted by atomic mass is 10.0. The number of rotatable bonds is 4. The van der Waals surface area contributed by atoms with Crippen LogP contribution in [0.1, 0.15) is 17.2 Å². The zero-order valence-corrected chi connectivity index (χ0v) is 11.8. The molecule has 1 aromatic heterocycles. The molecular weight excluding hydrogens is 313 g/mol. The summed E-state index contributed by atoms with van der Waals surface area (Å²) in [7, 11) is 1.55. The van der Waals surface area contributed by atoms with E-state index >= 15 is 0 Å². The Balaban J connectivity index is 2.46. The summed E-state index contributed by atoms with van der Waals surface area (Å²) in [4.78, 5) is 4.05. The maximum atomic E-state index is 14.1. The second-order valence-corrected chi connectivity index (χ2v) is 4.76. The van der Waals surface area contributed by atoms with Gasteiger partial charge in [-0.2, -0.15) is 0 Å². The van der Waals surface area contributed by atoms with Crippen molar-refractivity contribution in [1.82, 2.24) is 10.4 Å². The lowest BCUT2D eigenvalue weighted by Crippen LogP contribution is -2.29. The summed E-state index contributed by atoms with van der Waals surface area (Å²) in [6.07, 6.45) is 3.20. The average molecular weight is 326 g/mol. The summed E-state index contributed by atoms with van der Waals surface area (Å²) < 4.78 is 19.6. The number of hydrogen-bond acceptors (Lipinski definition) is 4. The molecule has 1 unspecified atom stereocenters. The minimum Gasteiger partial charge on any atom is -0.495 e. The van der Waals surface area contributed by atoms with E-state index in [2.05, 4.69) is 26.3 Å². The normalized spacial score (nSPS) is 12.2. The summed E-state index contributed by atoms with van der Waals surface area (Å²) >= 11 is 3.16. The SMILES string of the molecule is COc1cncc(C(NN)c2cccc(Br)c2F)c1. The summed E-state index contributed by atoms with van der Waals surface area (Å²) in [5.74, 6) is 5.78. The summed E-state index contributed by atoms with van der Waals surface area (Å²) in [5, 5.41) is 0. The fourth-order valence-corrected chi connectivity index (χ4v) is 2.20. The van der Waals surface area contributed by atoms with Crippen molar-refractivity contribution in [3.05, 3.63) is 58.1 Å². The number of halogens is 2. The van der Waals surface area contributed by atoms with Gasteiger partial charge in [-0.25, -0.2) is 9.82 Å². The molecule has 0 aliphatic rings. The molecule has 100 valence electrons. The van der Waals surface area contributed by atoms with Crippen molar-refractivity contribution in [2.24, 2.45) is 5.84 Å². The Morgan fingerprint density at radius 2 is 2.21 bits per heavy atom. The van der Waals surface area contributed by atoms with Crippen LogP contribution >= 0.6 is 15.9 Å². The Kier molecular flexibility index (Phi) is 4.47. The highest BCUT2D eigenvalue weighted by molar-refractivity contribution is 9.10. The van der Waals surface area contributed by atoms with Gasteiger partial charge >= 0.3 is 0 Å². The molecule has 0 bridgehead atoms. The molecule has 1 atom stereocenters. The molecule has 0 fully saturated rings. The number of methoxy groups -OCH3 is 1. The molecule has 2 rings (SSSR count). The minimum atomic E-state index is -0.500. The molecule has 0 spiro atoms. The number of ether oxygens (including phenoxy) is 1. The van der Waals surface area contributed by atoms with Crippen LogP contribution in [0, 0.1) is 5.82 Å². The lowest BCUT2D eigenvalue weighted by molar-refractivity contribution is 0.411.